The Kier molecular flexibility index (Phi) is 6.12. The summed E-state index contributed by atoms with van der Waals surface area (Å²) < 4.78 is 12.8. The van der Waals surface area contributed by atoms with Gasteiger partial charge in [-0.1, -0.05) is 31.9 Å². The molecule has 22 heavy (non-hydrogen) atoms. The van der Waals surface area contributed by atoms with Gasteiger partial charge in [0.15, 0.2) is 5.11 Å². The van der Waals surface area contributed by atoms with Crippen molar-refractivity contribution < 1.29 is 9.18 Å². The Labute approximate surface area is 135 Å². The molecule has 0 heterocycles. The van der Waals surface area contributed by atoms with Gasteiger partial charge in [0.2, 0.25) is 5.91 Å². The number of hydrogen-bond acceptors (Lipinski definition) is 2. The SMILES string of the molecule is C[C@@H]1CCCC[C@@H]1NC(=S)NNC(=O)Cc1ccc(F)cc1. The van der Waals surface area contributed by atoms with E-state index in [0.717, 1.165) is 12.0 Å². The fourth-order valence-electron chi connectivity index (χ4n) is 2.69. The van der Waals surface area contributed by atoms with Crippen LogP contribution in [0.3, 0.4) is 0 Å². The van der Waals surface area contributed by atoms with E-state index in [0.29, 0.717) is 17.1 Å². The molecule has 2 atom stereocenters. The lowest BCUT2D eigenvalue weighted by Crippen LogP contribution is -2.51. The van der Waals surface area contributed by atoms with Crippen LogP contribution in [0.4, 0.5) is 4.39 Å². The predicted octanol–water partition coefficient (Wildman–Crippen LogP) is 2.44. The molecule has 0 bridgehead atoms. The second-order valence-electron chi connectivity index (χ2n) is 5.82. The highest BCUT2D eigenvalue weighted by atomic mass is 32.1. The molecule has 0 aliphatic heterocycles. The molecule has 1 aromatic rings. The minimum absolute atomic E-state index is 0.176. The molecule has 1 amide bonds. The average molecular weight is 323 g/mol. The Hall–Kier alpha value is -1.69. The normalized spacial score (nSPS) is 21.0. The minimum atomic E-state index is -0.311. The van der Waals surface area contributed by atoms with Crippen LogP contribution in [0.15, 0.2) is 24.3 Å². The van der Waals surface area contributed by atoms with Crippen molar-refractivity contribution in [3.8, 4) is 0 Å². The first-order chi connectivity index (χ1) is 10.5. The topological polar surface area (TPSA) is 53.2 Å². The molecule has 1 fully saturated rings. The van der Waals surface area contributed by atoms with Crippen molar-refractivity contribution in [3.63, 3.8) is 0 Å². The van der Waals surface area contributed by atoms with Gasteiger partial charge in [0.05, 0.1) is 6.42 Å². The number of hydrogen-bond donors (Lipinski definition) is 3. The molecular weight excluding hydrogens is 301 g/mol. The number of halogens is 1. The Bertz CT molecular complexity index is 521. The van der Waals surface area contributed by atoms with E-state index in [4.69, 9.17) is 12.2 Å². The summed E-state index contributed by atoms with van der Waals surface area (Å²) in [4.78, 5) is 11.8. The minimum Gasteiger partial charge on any atom is -0.358 e. The lowest BCUT2D eigenvalue weighted by Gasteiger charge is -2.30. The summed E-state index contributed by atoms with van der Waals surface area (Å²) in [7, 11) is 0. The van der Waals surface area contributed by atoms with Gasteiger partial charge < -0.3 is 5.32 Å². The zero-order valence-electron chi connectivity index (χ0n) is 12.7. The number of benzene rings is 1. The van der Waals surface area contributed by atoms with E-state index in [1.54, 1.807) is 12.1 Å². The van der Waals surface area contributed by atoms with Crippen LogP contribution in [0.25, 0.3) is 0 Å². The first-order valence-electron chi connectivity index (χ1n) is 7.64. The van der Waals surface area contributed by atoms with Crippen LogP contribution in [0.1, 0.15) is 38.2 Å². The number of nitrogens with one attached hydrogen (secondary N) is 3. The van der Waals surface area contributed by atoms with E-state index in [9.17, 15) is 9.18 Å². The van der Waals surface area contributed by atoms with Crippen LogP contribution >= 0.6 is 12.2 Å². The van der Waals surface area contributed by atoms with Crippen LogP contribution in [-0.4, -0.2) is 17.1 Å². The highest BCUT2D eigenvalue weighted by Crippen LogP contribution is 2.23. The first kappa shape index (κ1) is 16.7. The fourth-order valence-corrected chi connectivity index (χ4v) is 2.90. The van der Waals surface area contributed by atoms with Crippen molar-refractivity contribution in [2.75, 3.05) is 0 Å². The number of carbonyl (C=O) groups is 1. The highest BCUT2D eigenvalue weighted by Gasteiger charge is 2.21. The van der Waals surface area contributed by atoms with Gasteiger partial charge in [-0.2, -0.15) is 0 Å². The Balaban J connectivity index is 1.71. The van der Waals surface area contributed by atoms with E-state index in [1.807, 2.05) is 0 Å². The summed E-state index contributed by atoms with van der Waals surface area (Å²) >= 11 is 5.20. The molecule has 6 heteroatoms. The van der Waals surface area contributed by atoms with E-state index in [1.165, 1.54) is 31.4 Å². The zero-order valence-corrected chi connectivity index (χ0v) is 13.5. The lowest BCUT2D eigenvalue weighted by atomic mass is 9.86. The smallest absolute Gasteiger partial charge is 0.242 e. The second-order valence-corrected chi connectivity index (χ2v) is 6.23. The standard InChI is InChI=1S/C16H22FN3OS/c1-11-4-2-3-5-14(11)18-16(22)20-19-15(21)10-12-6-8-13(17)9-7-12/h6-9,11,14H,2-5,10H2,1H3,(H,19,21)(H2,18,20,22)/t11-,14+/m1/s1. The maximum Gasteiger partial charge on any atom is 0.242 e. The first-order valence-corrected chi connectivity index (χ1v) is 8.05. The van der Waals surface area contributed by atoms with Crippen molar-refractivity contribution in [1.29, 1.82) is 0 Å². The quantitative estimate of drug-likeness (QED) is 0.591. The molecule has 1 aliphatic carbocycles. The summed E-state index contributed by atoms with van der Waals surface area (Å²) in [5.41, 5.74) is 6.04. The van der Waals surface area contributed by atoms with Gasteiger partial charge in [0.1, 0.15) is 5.82 Å². The van der Waals surface area contributed by atoms with Crippen molar-refractivity contribution in [2.24, 2.45) is 5.92 Å². The van der Waals surface area contributed by atoms with E-state index in [-0.39, 0.29) is 18.1 Å². The summed E-state index contributed by atoms with van der Waals surface area (Å²) in [6.07, 6.45) is 4.97. The molecule has 0 aromatic heterocycles. The Morgan fingerprint density at radius 2 is 1.91 bits per heavy atom. The monoisotopic (exact) mass is 323 g/mol. The summed E-state index contributed by atoms with van der Waals surface area (Å²) in [6.45, 7) is 2.21. The molecule has 4 nitrogen and oxygen atoms in total. The Morgan fingerprint density at radius 3 is 2.59 bits per heavy atom. The predicted molar refractivity (Wildman–Crippen MR) is 88.5 cm³/mol. The number of amides is 1. The summed E-state index contributed by atoms with van der Waals surface area (Å²) in [6, 6.07) is 6.23. The maximum atomic E-state index is 12.8. The van der Waals surface area contributed by atoms with E-state index in [2.05, 4.69) is 23.1 Å². The van der Waals surface area contributed by atoms with Crippen molar-refractivity contribution in [3.05, 3.63) is 35.6 Å². The van der Waals surface area contributed by atoms with Crippen LogP contribution in [0, 0.1) is 11.7 Å². The van der Waals surface area contributed by atoms with Crippen molar-refractivity contribution in [1.82, 2.24) is 16.2 Å². The summed E-state index contributed by atoms with van der Waals surface area (Å²) in [5.74, 6) is 0.0603. The number of hydrazine groups is 1. The molecular formula is C16H22FN3OS. The number of thiocarbonyl (C=S) groups is 1. The van der Waals surface area contributed by atoms with Gasteiger partial charge >= 0.3 is 0 Å². The maximum absolute atomic E-state index is 12.8. The van der Waals surface area contributed by atoms with E-state index < -0.39 is 0 Å². The van der Waals surface area contributed by atoms with Crippen LogP contribution < -0.4 is 16.2 Å². The third-order valence-corrected chi connectivity index (χ3v) is 4.24. The van der Waals surface area contributed by atoms with Crippen LogP contribution in [0.5, 0.6) is 0 Å². The summed E-state index contributed by atoms with van der Waals surface area (Å²) in [5, 5.41) is 3.69. The molecule has 0 saturated heterocycles. The molecule has 0 unspecified atom stereocenters. The molecule has 120 valence electrons. The third-order valence-electron chi connectivity index (χ3n) is 4.02. The Morgan fingerprint density at radius 1 is 1.23 bits per heavy atom. The van der Waals surface area contributed by atoms with Crippen molar-refractivity contribution >= 4 is 23.2 Å². The van der Waals surface area contributed by atoms with Gasteiger partial charge in [-0.3, -0.25) is 15.6 Å². The third kappa shape index (κ3) is 5.26. The number of rotatable bonds is 3. The molecule has 3 N–H and O–H groups in total. The molecule has 2 rings (SSSR count). The molecule has 0 spiro atoms. The highest BCUT2D eigenvalue weighted by molar-refractivity contribution is 7.80. The fraction of sp³-hybridized carbons (Fsp3) is 0.500. The average Bonchev–Trinajstić information content (AvgIpc) is 2.50. The van der Waals surface area contributed by atoms with Gasteiger partial charge in [-0.05, 0) is 48.7 Å². The molecule has 1 aromatic carbocycles. The van der Waals surface area contributed by atoms with Gasteiger partial charge in [-0.15, -0.1) is 0 Å². The van der Waals surface area contributed by atoms with Gasteiger partial charge in [-0.25, -0.2) is 4.39 Å². The van der Waals surface area contributed by atoms with Crippen LogP contribution in [-0.2, 0) is 11.2 Å². The van der Waals surface area contributed by atoms with Crippen molar-refractivity contribution in [2.45, 2.75) is 45.1 Å². The zero-order chi connectivity index (χ0) is 15.9. The molecule has 1 aliphatic rings. The molecule has 1 saturated carbocycles. The molecule has 0 radical (unpaired) electrons. The second kappa shape index (κ2) is 8.08. The van der Waals surface area contributed by atoms with E-state index >= 15 is 0 Å². The number of carbonyl (C=O) groups excluding carboxylic acids is 1. The van der Waals surface area contributed by atoms with Crippen LogP contribution in [0.2, 0.25) is 0 Å². The largest absolute Gasteiger partial charge is 0.358 e. The van der Waals surface area contributed by atoms with Gasteiger partial charge in [0.25, 0.3) is 0 Å². The lowest BCUT2D eigenvalue weighted by molar-refractivity contribution is -0.121. The van der Waals surface area contributed by atoms with Gasteiger partial charge in [0, 0.05) is 6.04 Å².